The van der Waals surface area contributed by atoms with Crippen LogP contribution in [0, 0.1) is 0 Å². The Morgan fingerprint density at radius 3 is 2.83 bits per heavy atom. The molecule has 1 aromatic rings. The van der Waals surface area contributed by atoms with E-state index in [9.17, 15) is 14.4 Å². The first kappa shape index (κ1) is 18.8. The second kappa shape index (κ2) is 7.54. The van der Waals surface area contributed by atoms with Gasteiger partial charge in [-0.2, -0.15) is 0 Å². The highest BCUT2D eigenvalue weighted by Crippen LogP contribution is 2.30. The van der Waals surface area contributed by atoms with E-state index in [0.717, 1.165) is 25.2 Å². The van der Waals surface area contributed by atoms with Crippen molar-refractivity contribution in [2.75, 3.05) is 13.1 Å². The third kappa shape index (κ3) is 3.46. The van der Waals surface area contributed by atoms with Crippen molar-refractivity contribution in [1.82, 2.24) is 20.4 Å². The lowest BCUT2D eigenvalue weighted by Gasteiger charge is -2.44. The predicted molar refractivity (Wildman–Crippen MR) is 107 cm³/mol. The molecule has 7 nitrogen and oxygen atoms in total. The highest BCUT2D eigenvalue weighted by molar-refractivity contribution is 6.05. The van der Waals surface area contributed by atoms with Crippen molar-refractivity contribution in [1.29, 1.82) is 0 Å². The molecule has 3 unspecified atom stereocenters. The Balaban J connectivity index is 1.31. The van der Waals surface area contributed by atoms with Crippen molar-refractivity contribution in [3.8, 4) is 0 Å². The molecule has 3 atom stereocenters. The molecule has 0 aliphatic carbocycles. The number of amides is 3. The first-order chi connectivity index (χ1) is 14.1. The molecule has 3 amide bonds. The number of likely N-dealkylation sites (tertiary alicyclic amines) is 1. The summed E-state index contributed by atoms with van der Waals surface area (Å²) in [6.07, 6.45) is 5.66. The van der Waals surface area contributed by atoms with E-state index in [-0.39, 0.29) is 24.1 Å². The Morgan fingerprint density at radius 2 is 1.97 bits per heavy atom. The van der Waals surface area contributed by atoms with Crippen LogP contribution in [-0.2, 0) is 22.7 Å². The number of piperidine rings is 3. The van der Waals surface area contributed by atoms with Crippen molar-refractivity contribution in [2.24, 2.45) is 0 Å². The van der Waals surface area contributed by atoms with Gasteiger partial charge in [-0.05, 0) is 62.4 Å². The van der Waals surface area contributed by atoms with Gasteiger partial charge in [-0.3, -0.25) is 24.6 Å². The zero-order chi connectivity index (χ0) is 20.0. The summed E-state index contributed by atoms with van der Waals surface area (Å²) in [6.45, 7) is 3.61. The number of hydrogen-bond donors (Lipinski definition) is 2. The van der Waals surface area contributed by atoms with E-state index in [4.69, 9.17) is 0 Å². The van der Waals surface area contributed by atoms with Crippen LogP contribution in [0.3, 0.4) is 0 Å². The molecule has 2 N–H and O–H groups in total. The monoisotopic (exact) mass is 396 g/mol. The van der Waals surface area contributed by atoms with Gasteiger partial charge in [0.1, 0.15) is 6.04 Å². The highest BCUT2D eigenvalue weighted by atomic mass is 16.2. The molecule has 5 rings (SSSR count). The van der Waals surface area contributed by atoms with Gasteiger partial charge in [-0.1, -0.05) is 12.1 Å². The number of nitrogens with one attached hydrogen (secondary N) is 2. The summed E-state index contributed by atoms with van der Waals surface area (Å²) in [4.78, 5) is 40.7. The number of carbonyl (C=O) groups excluding carboxylic acids is 3. The van der Waals surface area contributed by atoms with E-state index in [0.29, 0.717) is 30.6 Å². The normalized spacial score (nSPS) is 30.1. The fourth-order valence-electron chi connectivity index (χ4n) is 5.50. The fourth-order valence-corrected chi connectivity index (χ4v) is 5.50. The van der Waals surface area contributed by atoms with Gasteiger partial charge < -0.3 is 10.2 Å². The molecule has 0 aromatic heterocycles. The lowest BCUT2D eigenvalue weighted by molar-refractivity contribution is -0.136. The summed E-state index contributed by atoms with van der Waals surface area (Å²) in [6, 6.07) is 6.78. The van der Waals surface area contributed by atoms with Crippen LogP contribution in [0.4, 0.5) is 0 Å². The minimum absolute atomic E-state index is 0.101. The maximum atomic E-state index is 12.9. The lowest BCUT2D eigenvalue weighted by Crippen LogP contribution is -2.56. The van der Waals surface area contributed by atoms with Gasteiger partial charge in [-0.15, -0.1) is 0 Å². The van der Waals surface area contributed by atoms with Crippen molar-refractivity contribution in [3.63, 3.8) is 0 Å². The molecule has 0 radical (unpaired) electrons. The van der Waals surface area contributed by atoms with Gasteiger partial charge >= 0.3 is 0 Å². The fraction of sp³-hybridized carbons (Fsp3) is 0.591. The van der Waals surface area contributed by atoms with E-state index in [1.807, 2.05) is 6.07 Å². The summed E-state index contributed by atoms with van der Waals surface area (Å²) in [7, 11) is 0. The Bertz CT molecular complexity index is 852. The number of hydrogen-bond acceptors (Lipinski definition) is 5. The van der Waals surface area contributed by atoms with E-state index in [1.165, 1.54) is 31.2 Å². The number of rotatable bonds is 3. The van der Waals surface area contributed by atoms with E-state index in [1.54, 1.807) is 4.90 Å². The van der Waals surface area contributed by atoms with E-state index >= 15 is 0 Å². The Labute approximate surface area is 170 Å². The van der Waals surface area contributed by atoms with Gasteiger partial charge in [0.05, 0.1) is 0 Å². The lowest BCUT2D eigenvalue weighted by atomic mass is 9.89. The van der Waals surface area contributed by atoms with Crippen molar-refractivity contribution >= 4 is 17.7 Å². The molecular weight excluding hydrogens is 368 g/mol. The zero-order valence-corrected chi connectivity index (χ0v) is 16.7. The summed E-state index contributed by atoms with van der Waals surface area (Å²) < 4.78 is 0. The minimum Gasteiger partial charge on any atom is -0.322 e. The standard InChI is InChI=1S/C22H28N4O3/c27-20-8-7-19(21(28)24-20)26-13-15-11-14(5-6-16(15)22(26)29)12-25-10-2-3-17-18(25)4-1-9-23-17/h5-6,11,17-19,23H,1-4,7-10,12-13H2,(H,24,27,28). The maximum Gasteiger partial charge on any atom is 0.255 e. The Morgan fingerprint density at radius 1 is 1.07 bits per heavy atom. The van der Waals surface area contributed by atoms with Gasteiger partial charge in [0.25, 0.3) is 5.91 Å². The number of fused-ring (bicyclic) bond motifs is 2. The van der Waals surface area contributed by atoms with Crippen LogP contribution < -0.4 is 10.6 Å². The summed E-state index contributed by atoms with van der Waals surface area (Å²) in [5.74, 6) is -0.711. The van der Waals surface area contributed by atoms with Gasteiger partial charge in [0.2, 0.25) is 11.8 Å². The maximum absolute atomic E-state index is 12.9. The van der Waals surface area contributed by atoms with Crippen LogP contribution in [0.15, 0.2) is 18.2 Å². The van der Waals surface area contributed by atoms with Gasteiger partial charge in [0, 0.05) is 37.2 Å². The SMILES string of the molecule is O=C1CCC(N2Cc3cc(CN4CCCC5NCCCC54)ccc3C2=O)C(=O)N1. The number of imide groups is 1. The summed E-state index contributed by atoms with van der Waals surface area (Å²) in [5, 5.41) is 6.04. The average Bonchev–Trinajstić information content (AvgIpc) is 3.04. The topological polar surface area (TPSA) is 81.8 Å². The summed E-state index contributed by atoms with van der Waals surface area (Å²) >= 11 is 0. The molecule has 154 valence electrons. The van der Waals surface area contributed by atoms with Crippen LogP contribution in [0.1, 0.15) is 60.0 Å². The molecule has 7 heteroatoms. The second-order valence-corrected chi connectivity index (χ2v) is 8.77. The van der Waals surface area contributed by atoms with Gasteiger partial charge in [0.15, 0.2) is 0 Å². The van der Waals surface area contributed by atoms with Crippen LogP contribution in [0.2, 0.25) is 0 Å². The van der Waals surface area contributed by atoms with Gasteiger partial charge in [-0.25, -0.2) is 0 Å². The van der Waals surface area contributed by atoms with Crippen molar-refractivity contribution < 1.29 is 14.4 Å². The molecule has 29 heavy (non-hydrogen) atoms. The van der Waals surface area contributed by atoms with Crippen molar-refractivity contribution in [2.45, 2.75) is 69.7 Å². The molecule has 0 bridgehead atoms. The molecule has 3 fully saturated rings. The Kier molecular flexibility index (Phi) is 4.87. The largest absolute Gasteiger partial charge is 0.322 e. The molecular formula is C22H28N4O3. The van der Waals surface area contributed by atoms with Crippen molar-refractivity contribution in [3.05, 3.63) is 34.9 Å². The third-order valence-electron chi connectivity index (χ3n) is 6.95. The molecule has 4 aliphatic rings. The molecule has 4 heterocycles. The number of carbonyl (C=O) groups is 3. The first-order valence-electron chi connectivity index (χ1n) is 10.8. The molecule has 1 aromatic carbocycles. The molecule has 4 aliphatic heterocycles. The predicted octanol–water partition coefficient (Wildman–Crippen LogP) is 1.16. The van der Waals surface area contributed by atoms with Crippen LogP contribution in [-0.4, -0.2) is 58.7 Å². The van der Waals surface area contributed by atoms with Crippen LogP contribution in [0.25, 0.3) is 0 Å². The smallest absolute Gasteiger partial charge is 0.255 e. The first-order valence-corrected chi connectivity index (χ1v) is 10.8. The number of nitrogens with zero attached hydrogens (tertiary/aromatic N) is 2. The summed E-state index contributed by atoms with van der Waals surface area (Å²) in [5.41, 5.74) is 2.91. The molecule has 0 saturated carbocycles. The zero-order valence-electron chi connectivity index (χ0n) is 16.7. The molecule has 0 spiro atoms. The van der Waals surface area contributed by atoms with Crippen LogP contribution >= 0.6 is 0 Å². The minimum atomic E-state index is -0.549. The highest BCUT2D eigenvalue weighted by Gasteiger charge is 2.39. The Hall–Kier alpha value is -2.25. The van der Waals surface area contributed by atoms with E-state index < -0.39 is 6.04 Å². The third-order valence-corrected chi connectivity index (χ3v) is 6.95. The average molecular weight is 396 g/mol. The second-order valence-electron chi connectivity index (χ2n) is 8.77. The number of benzene rings is 1. The van der Waals surface area contributed by atoms with E-state index in [2.05, 4.69) is 27.7 Å². The molecule has 3 saturated heterocycles. The van der Waals surface area contributed by atoms with Crippen LogP contribution in [0.5, 0.6) is 0 Å². The quantitative estimate of drug-likeness (QED) is 0.750.